The number of hydrogen-bond acceptors (Lipinski definition) is 2. The molecule has 1 aromatic heterocycles. The Bertz CT molecular complexity index is 385. The SMILES string of the molecule is CCCNCc1ccn(CC2CC3CCC2C3)n1. The molecule has 2 fully saturated rings. The summed E-state index contributed by atoms with van der Waals surface area (Å²) in [5.41, 5.74) is 1.19. The predicted molar refractivity (Wildman–Crippen MR) is 73.2 cm³/mol. The first-order valence-corrected chi connectivity index (χ1v) is 7.58. The summed E-state index contributed by atoms with van der Waals surface area (Å²) in [7, 11) is 0. The molecule has 2 aliphatic rings. The highest BCUT2D eigenvalue weighted by Gasteiger charge is 2.39. The third kappa shape index (κ3) is 2.61. The van der Waals surface area contributed by atoms with Crippen LogP contribution in [0.15, 0.2) is 12.3 Å². The average Bonchev–Trinajstić information content (AvgIpc) is 3.06. The molecule has 3 heteroatoms. The Labute approximate surface area is 110 Å². The minimum Gasteiger partial charge on any atom is -0.311 e. The van der Waals surface area contributed by atoms with Gasteiger partial charge in [-0.1, -0.05) is 13.3 Å². The van der Waals surface area contributed by atoms with Gasteiger partial charge in [-0.2, -0.15) is 5.10 Å². The van der Waals surface area contributed by atoms with E-state index < -0.39 is 0 Å². The molecule has 18 heavy (non-hydrogen) atoms. The van der Waals surface area contributed by atoms with Gasteiger partial charge in [-0.3, -0.25) is 4.68 Å². The van der Waals surface area contributed by atoms with Crippen molar-refractivity contribution in [3.8, 4) is 0 Å². The summed E-state index contributed by atoms with van der Waals surface area (Å²) in [4.78, 5) is 0. The maximum Gasteiger partial charge on any atom is 0.0762 e. The molecule has 0 aromatic carbocycles. The normalized spacial score (nSPS) is 30.2. The molecule has 3 unspecified atom stereocenters. The van der Waals surface area contributed by atoms with E-state index in [0.717, 1.165) is 37.4 Å². The van der Waals surface area contributed by atoms with Crippen LogP contribution in [0.5, 0.6) is 0 Å². The van der Waals surface area contributed by atoms with E-state index in [1.54, 1.807) is 0 Å². The second-order valence-electron chi connectivity index (χ2n) is 6.14. The van der Waals surface area contributed by atoms with Crippen LogP contribution in [0.4, 0.5) is 0 Å². The van der Waals surface area contributed by atoms with Gasteiger partial charge in [0, 0.05) is 19.3 Å². The molecule has 0 radical (unpaired) electrons. The van der Waals surface area contributed by atoms with Crippen LogP contribution in [0, 0.1) is 17.8 Å². The predicted octanol–water partition coefficient (Wildman–Crippen LogP) is 2.82. The van der Waals surface area contributed by atoms with Crippen molar-refractivity contribution in [3.63, 3.8) is 0 Å². The summed E-state index contributed by atoms with van der Waals surface area (Å²) < 4.78 is 2.17. The number of rotatable bonds is 6. The van der Waals surface area contributed by atoms with E-state index in [0.29, 0.717) is 0 Å². The second-order valence-corrected chi connectivity index (χ2v) is 6.14. The second kappa shape index (κ2) is 5.43. The Morgan fingerprint density at radius 2 is 2.33 bits per heavy atom. The summed E-state index contributed by atoms with van der Waals surface area (Å²) in [5.74, 6) is 2.95. The lowest BCUT2D eigenvalue weighted by atomic mass is 9.89. The standard InChI is InChI=1S/C15H25N3/c1-2-6-16-10-15-5-7-18(17-15)11-14-9-12-3-4-13(14)8-12/h5,7,12-14,16H,2-4,6,8-11H2,1H3. The van der Waals surface area contributed by atoms with Gasteiger partial charge in [0.1, 0.15) is 0 Å². The summed E-state index contributed by atoms with van der Waals surface area (Å²) in [6.07, 6.45) is 9.26. The fourth-order valence-electron chi connectivity index (χ4n) is 3.83. The van der Waals surface area contributed by atoms with E-state index in [1.165, 1.54) is 37.8 Å². The molecule has 0 aliphatic heterocycles. The topological polar surface area (TPSA) is 29.9 Å². The number of nitrogens with zero attached hydrogens (tertiary/aromatic N) is 2. The highest BCUT2D eigenvalue weighted by molar-refractivity contribution is 4.99. The van der Waals surface area contributed by atoms with Crippen LogP contribution < -0.4 is 5.32 Å². The van der Waals surface area contributed by atoms with Crippen molar-refractivity contribution in [2.45, 2.75) is 52.1 Å². The fourth-order valence-corrected chi connectivity index (χ4v) is 3.83. The van der Waals surface area contributed by atoms with Gasteiger partial charge < -0.3 is 5.32 Å². The minimum atomic E-state index is 0.903. The highest BCUT2D eigenvalue weighted by Crippen LogP contribution is 2.48. The molecular formula is C15H25N3. The van der Waals surface area contributed by atoms with Gasteiger partial charge >= 0.3 is 0 Å². The number of nitrogens with one attached hydrogen (secondary N) is 1. The summed E-state index contributed by atoms with van der Waals surface area (Å²) in [6, 6.07) is 2.16. The molecule has 2 saturated carbocycles. The van der Waals surface area contributed by atoms with E-state index in [9.17, 15) is 0 Å². The van der Waals surface area contributed by atoms with Gasteiger partial charge in [-0.05, 0) is 56.0 Å². The van der Waals surface area contributed by atoms with Crippen molar-refractivity contribution < 1.29 is 0 Å². The first-order valence-electron chi connectivity index (χ1n) is 7.58. The number of hydrogen-bond donors (Lipinski definition) is 1. The zero-order valence-corrected chi connectivity index (χ0v) is 11.4. The Morgan fingerprint density at radius 1 is 1.39 bits per heavy atom. The third-order valence-corrected chi connectivity index (χ3v) is 4.73. The van der Waals surface area contributed by atoms with E-state index in [2.05, 4.69) is 34.3 Å². The van der Waals surface area contributed by atoms with E-state index in [4.69, 9.17) is 0 Å². The molecule has 3 rings (SSSR count). The molecule has 0 spiro atoms. The van der Waals surface area contributed by atoms with E-state index >= 15 is 0 Å². The maximum atomic E-state index is 4.68. The van der Waals surface area contributed by atoms with Gasteiger partial charge in [0.15, 0.2) is 0 Å². The van der Waals surface area contributed by atoms with Gasteiger partial charge in [0.05, 0.1) is 5.69 Å². The lowest BCUT2D eigenvalue weighted by Gasteiger charge is -2.21. The molecule has 1 N–H and O–H groups in total. The van der Waals surface area contributed by atoms with Crippen LogP contribution in [0.1, 0.15) is 44.7 Å². The van der Waals surface area contributed by atoms with Crippen LogP contribution in [-0.4, -0.2) is 16.3 Å². The van der Waals surface area contributed by atoms with Crippen molar-refractivity contribution in [1.82, 2.24) is 15.1 Å². The third-order valence-electron chi connectivity index (χ3n) is 4.73. The lowest BCUT2D eigenvalue weighted by Crippen LogP contribution is -2.18. The van der Waals surface area contributed by atoms with Crippen molar-refractivity contribution in [3.05, 3.63) is 18.0 Å². The Morgan fingerprint density at radius 3 is 3.06 bits per heavy atom. The summed E-state index contributed by atoms with van der Waals surface area (Å²) >= 11 is 0. The first kappa shape index (κ1) is 12.2. The first-order chi connectivity index (χ1) is 8.85. The average molecular weight is 247 g/mol. The quantitative estimate of drug-likeness (QED) is 0.783. The van der Waals surface area contributed by atoms with Crippen LogP contribution in [0.25, 0.3) is 0 Å². The Kier molecular flexibility index (Phi) is 3.69. The van der Waals surface area contributed by atoms with Crippen molar-refractivity contribution >= 4 is 0 Å². The molecule has 1 aromatic rings. The van der Waals surface area contributed by atoms with Crippen LogP contribution in [-0.2, 0) is 13.1 Å². The lowest BCUT2D eigenvalue weighted by molar-refractivity contribution is 0.285. The van der Waals surface area contributed by atoms with Gasteiger partial charge in [0.25, 0.3) is 0 Å². The Hall–Kier alpha value is -0.830. The van der Waals surface area contributed by atoms with Crippen molar-refractivity contribution in [2.75, 3.05) is 6.54 Å². The molecule has 0 saturated heterocycles. The Balaban J connectivity index is 1.51. The molecular weight excluding hydrogens is 222 g/mol. The highest BCUT2D eigenvalue weighted by atomic mass is 15.3. The zero-order valence-electron chi connectivity index (χ0n) is 11.4. The van der Waals surface area contributed by atoms with E-state index in [-0.39, 0.29) is 0 Å². The zero-order chi connectivity index (χ0) is 12.4. The van der Waals surface area contributed by atoms with Gasteiger partial charge in [-0.15, -0.1) is 0 Å². The van der Waals surface area contributed by atoms with Crippen LogP contribution in [0.2, 0.25) is 0 Å². The molecule has 100 valence electrons. The molecule has 2 aliphatic carbocycles. The number of fused-ring (bicyclic) bond motifs is 2. The van der Waals surface area contributed by atoms with Crippen LogP contribution in [0.3, 0.4) is 0 Å². The smallest absolute Gasteiger partial charge is 0.0762 e. The molecule has 0 amide bonds. The van der Waals surface area contributed by atoms with E-state index in [1.807, 2.05) is 0 Å². The minimum absolute atomic E-state index is 0.903. The monoisotopic (exact) mass is 247 g/mol. The maximum absolute atomic E-state index is 4.68. The molecule has 3 atom stereocenters. The molecule has 2 bridgehead atoms. The van der Waals surface area contributed by atoms with Crippen LogP contribution >= 0.6 is 0 Å². The molecule has 3 nitrogen and oxygen atoms in total. The summed E-state index contributed by atoms with van der Waals surface area (Å²) in [6.45, 7) is 5.34. The molecule has 1 heterocycles. The van der Waals surface area contributed by atoms with Gasteiger partial charge in [-0.25, -0.2) is 0 Å². The largest absolute Gasteiger partial charge is 0.311 e. The van der Waals surface area contributed by atoms with Gasteiger partial charge in [0.2, 0.25) is 0 Å². The van der Waals surface area contributed by atoms with Crippen molar-refractivity contribution in [2.24, 2.45) is 17.8 Å². The fraction of sp³-hybridized carbons (Fsp3) is 0.800. The van der Waals surface area contributed by atoms with Crippen molar-refractivity contribution in [1.29, 1.82) is 0 Å². The number of aromatic nitrogens is 2. The summed E-state index contributed by atoms with van der Waals surface area (Å²) in [5, 5.41) is 8.09.